The van der Waals surface area contributed by atoms with E-state index in [1.54, 1.807) is 21.3 Å². The standard InChI is InChI=1S/C37H40N2O6/c1-38-16-14-24-20-30(41-3)34(40)36-32(24)28(38)18-22-8-12-27(13-9-22)45-37-33-25(21-31(42-4)35(37)43-5)15-17-39(2)29(33)19-23-6-10-26(44-36)11-7-23/h6-13,20-21,28-29,40H,14-19H2,1-5H3/t28-,29-/m0/s1. The van der Waals surface area contributed by atoms with Gasteiger partial charge in [-0.3, -0.25) is 9.80 Å². The van der Waals surface area contributed by atoms with Gasteiger partial charge in [-0.05, 0) is 98.4 Å². The van der Waals surface area contributed by atoms with Gasteiger partial charge in [-0.25, -0.2) is 0 Å². The van der Waals surface area contributed by atoms with E-state index in [0.29, 0.717) is 34.5 Å². The number of rotatable bonds is 3. The van der Waals surface area contributed by atoms with Crippen molar-refractivity contribution in [3.8, 4) is 46.0 Å². The van der Waals surface area contributed by atoms with E-state index in [9.17, 15) is 5.11 Å². The molecule has 10 rings (SSSR count). The molecule has 2 atom stereocenters. The number of phenols is 1. The van der Waals surface area contributed by atoms with Crippen molar-refractivity contribution in [3.63, 3.8) is 0 Å². The SMILES string of the molecule is COc1cc2c3c(c1O)Oc1ccc(cc1)C[C@H]1c4c(cc(OC)c(OC)c4Oc4ccc(cc4)C[C@@H]3N(C)CC2)CCN1C. The van der Waals surface area contributed by atoms with E-state index < -0.39 is 0 Å². The molecule has 45 heavy (non-hydrogen) atoms. The lowest BCUT2D eigenvalue weighted by atomic mass is 9.87. The molecule has 0 aliphatic carbocycles. The summed E-state index contributed by atoms with van der Waals surface area (Å²) in [6.45, 7) is 1.80. The molecule has 0 aromatic heterocycles. The highest BCUT2D eigenvalue weighted by Gasteiger charge is 2.34. The van der Waals surface area contributed by atoms with Crippen molar-refractivity contribution >= 4 is 0 Å². The van der Waals surface area contributed by atoms with E-state index in [0.717, 1.165) is 72.3 Å². The number of hydrogen-bond acceptors (Lipinski definition) is 8. The third-order valence-corrected chi connectivity index (χ3v) is 9.66. The van der Waals surface area contributed by atoms with Crippen LogP contribution in [0.15, 0.2) is 60.7 Å². The van der Waals surface area contributed by atoms with Crippen LogP contribution in [0.4, 0.5) is 0 Å². The molecule has 6 heterocycles. The fourth-order valence-corrected chi connectivity index (χ4v) is 7.15. The zero-order valence-corrected chi connectivity index (χ0v) is 26.6. The van der Waals surface area contributed by atoms with Gasteiger partial charge in [-0.2, -0.15) is 0 Å². The molecule has 1 N–H and O–H groups in total. The van der Waals surface area contributed by atoms with Crippen LogP contribution in [0.25, 0.3) is 0 Å². The predicted octanol–water partition coefficient (Wildman–Crippen LogP) is 6.86. The Kier molecular flexibility index (Phi) is 7.71. The van der Waals surface area contributed by atoms with Gasteiger partial charge in [-0.1, -0.05) is 24.3 Å². The lowest BCUT2D eigenvalue weighted by Crippen LogP contribution is -2.34. The molecule has 0 radical (unpaired) electrons. The molecule has 234 valence electrons. The quantitative estimate of drug-likeness (QED) is 0.271. The Balaban J connectivity index is 1.40. The van der Waals surface area contributed by atoms with Gasteiger partial charge in [0.15, 0.2) is 23.0 Å². The predicted molar refractivity (Wildman–Crippen MR) is 173 cm³/mol. The molecule has 8 nitrogen and oxygen atoms in total. The first-order valence-electron chi connectivity index (χ1n) is 15.5. The van der Waals surface area contributed by atoms with Crippen molar-refractivity contribution in [1.82, 2.24) is 9.80 Å². The molecule has 8 heteroatoms. The fraction of sp³-hybridized carbons (Fsp3) is 0.351. The minimum Gasteiger partial charge on any atom is -0.502 e. The molecule has 4 aromatic rings. The topological polar surface area (TPSA) is 72.9 Å². The summed E-state index contributed by atoms with van der Waals surface area (Å²) in [5.41, 5.74) is 6.75. The van der Waals surface area contributed by atoms with E-state index in [-0.39, 0.29) is 17.8 Å². The van der Waals surface area contributed by atoms with Crippen LogP contribution in [0.2, 0.25) is 0 Å². The lowest BCUT2D eigenvalue weighted by molar-refractivity contribution is 0.221. The molecule has 0 saturated heterocycles. The number of likely N-dealkylation sites (N-methyl/N-ethyl adjacent to an activating group) is 2. The van der Waals surface area contributed by atoms with Crippen LogP contribution in [0.5, 0.6) is 46.0 Å². The second kappa shape index (κ2) is 11.8. The minimum absolute atomic E-state index is 0.00715. The maximum atomic E-state index is 11.4. The van der Waals surface area contributed by atoms with Crippen LogP contribution in [0, 0.1) is 0 Å². The molecule has 6 aliphatic rings. The Morgan fingerprint density at radius 2 is 1.11 bits per heavy atom. The Morgan fingerprint density at radius 1 is 0.644 bits per heavy atom. The van der Waals surface area contributed by atoms with Gasteiger partial charge in [0.05, 0.1) is 21.3 Å². The number of hydrogen-bond donors (Lipinski definition) is 1. The highest BCUT2D eigenvalue weighted by atomic mass is 16.5. The summed E-state index contributed by atoms with van der Waals surface area (Å²) < 4.78 is 30.6. The van der Waals surface area contributed by atoms with Crippen molar-refractivity contribution in [2.24, 2.45) is 0 Å². The zero-order valence-electron chi connectivity index (χ0n) is 26.6. The van der Waals surface area contributed by atoms with Crippen LogP contribution < -0.4 is 23.7 Å². The summed E-state index contributed by atoms with van der Waals surface area (Å²) in [5, 5.41) is 11.4. The van der Waals surface area contributed by atoms with Gasteiger partial charge >= 0.3 is 0 Å². The average molecular weight is 609 g/mol. The number of ether oxygens (including phenoxy) is 5. The monoisotopic (exact) mass is 608 g/mol. The summed E-state index contributed by atoms with van der Waals surface area (Å²) in [6.07, 6.45) is 3.22. The van der Waals surface area contributed by atoms with E-state index in [4.69, 9.17) is 23.7 Å². The molecule has 0 saturated carbocycles. The first kappa shape index (κ1) is 29.3. The highest BCUT2D eigenvalue weighted by Crippen LogP contribution is 2.51. The van der Waals surface area contributed by atoms with Gasteiger partial charge in [0, 0.05) is 36.3 Å². The minimum atomic E-state index is -0.00715. The molecule has 4 aromatic carbocycles. The Bertz CT molecular complexity index is 1720. The molecular weight excluding hydrogens is 568 g/mol. The lowest BCUT2D eigenvalue weighted by Gasteiger charge is -2.37. The van der Waals surface area contributed by atoms with Crippen molar-refractivity contribution in [3.05, 3.63) is 94.0 Å². The molecular formula is C37H40N2O6. The maximum absolute atomic E-state index is 11.4. The van der Waals surface area contributed by atoms with E-state index in [2.05, 4.69) is 54.2 Å². The fourth-order valence-electron chi connectivity index (χ4n) is 7.15. The van der Waals surface area contributed by atoms with Gasteiger partial charge in [-0.15, -0.1) is 0 Å². The van der Waals surface area contributed by atoms with E-state index >= 15 is 0 Å². The van der Waals surface area contributed by atoms with Crippen LogP contribution in [-0.4, -0.2) is 63.4 Å². The Hall–Kier alpha value is -4.40. The number of methoxy groups -OCH3 is 3. The summed E-state index contributed by atoms with van der Waals surface area (Å²) >= 11 is 0. The Labute approximate surface area is 264 Å². The number of aromatic hydroxyl groups is 1. The first-order valence-corrected chi connectivity index (χ1v) is 15.5. The normalized spacial score (nSPS) is 19.4. The zero-order chi connectivity index (χ0) is 31.2. The smallest absolute Gasteiger partial charge is 0.204 e. The largest absolute Gasteiger partial charge is 0.502 e. The van der Waals surface area contributed by atoms with E-state index in [1.165, 1.54) is 5.56 Å². The number of nitrogens with zero attached hydrogens (tertiary/aromatic N) is 2. The van der Waals surface area contributed by atoms with Crippen LogP contribution in [0.1, 0.15) is 45.5 Å². The van der Waals surface area contributed by atoms with Crippen molar-refractivity contribution in [2.45, 2.75) is 37.8 Å². The van der Waals surface area contributed by atoms with Gasteiger partial charge in [0.25, 0.3) is 0 Å². The second-order valence-electron chi connectivity index (χ2n) is 12.2. The second-order valence-corrected chi connectivity index (χ2v) is 12.2. The molecule has 0 spiro atoms. The molecule has 4 bridgehead atoms. The maximum Gasteiger partial charge on any atom is 0.204 e. The summed E-state index contributed by atoms with van der Waals surface area (Å²) in [5.74, 6) is 4.27. The number of phenolic OH excluding ortho intramolecular Hbond substituents is 1. The third kappa shape index (κ3) is 5.22. The number of benzene rings is 4. The third-order valence-electron chi connectivity index (χ3n) is 9.66. The molecule has 6 aliphatic heterocycles. The molecule has 0 fully saturated rings. The van der Waals surface area contributed by atoms with E-state index in [1.807, 2.05) is 30.3 Å². The summed E-state index contributed by atoms with van der Waals surface area (Å²) in [6, 6.07) is 20.6. The summed E-state index contributed by atoms with van der Waals surface area (Å²) in [4.78, 5) is 4.71. The molecule has 0 amide bonds. The first-order chi connectivity index (χ1) is 21.9. The summed E-state index contributed by atoms with van der Waals surface area (Å²) in [7, 11) is 9.21. The van der Waals surface area contributed by atoms with Crippen LogP contribution in [-0.2, 0) is 25.7 Å². The average Bonchev–Trinajstić information content (AvgIpc) is 3.05. The van der Waals surface area contributed by atoms with Crippen LogP contribution in [0.3, 0.4) is 0 Å². The van der Waals surface area contributed by atoms with Gasteiger partial charge in [0.1, 0.15) is 11.5 Å². The van der Waals surface area contributed by atoms with Gasteiger partial charge in [0.2, 0.25) is 11.5 Å². The van der Waals surface area contributed by atoms with Crippen LogP contribution >= 0.6 is 0 Å². The van der Waals surface area contributed by atoms with Crippen molar-refractivity contribution in [1.29, 1.82) is 0 Å². The Morgan fingerprint density at radius 3 is 1.60 bits per heavy atom. The van der Waals surface area contributed by atoms with Crippen molar-refractivity contribution in [2.75, 3.05) is 48.5 Å². The highest BCUT2D eigenvalue weighted by molar-refractivity contribution is 5.63. The van der Waals surface area contributed by atoms with Gasteiger partial charge < -0.3 is 28.8 Å². The van der Waals surface area contributed by atoms with Crippen molar-refractivity contribution < 1.29 is 28.8 Å². The molecule has 0 unspecified atom stereocenters.